The average molecular weight is 353 g/mol. The van der Waals surface area contributed by atoms with E-state index >= 15 is 0 Å². The molecule has 0 aliphatic heterocycles. The molecule has 2 heterocycles. The first-order chi connectivity index (χ1) is 12.6. The van der Waals surface area contributed by atoms with Crippen LogP contribution in [0.3, 0.4) is 0 Å². The molecule has 26 heavy (non-hydrogen) atoms. The lowest BCUT2D eigenvalue weighted by atomic mass is 10.1. The largest absolute Gasteiger partial charge is 0.475 e. The Labute approximate surface area is 152 Å². The maximum atomic E-state index is 12.5. The number of aromatic nitrogens is 2. The van der Waals surface area contributed by atoms with E-state index in [-0.39, 0.29) is 5.91 Å². The van der Waals surface area contributed by atoms with E-state index in [2.05, 4.69) is 35.2 Å². The number of hydrogen-bond donors (Lipinski definition) is 2. The van der Waals surface area contributed by atoms with E-state index in [1.54, 1.807) is 13.3 Å². The Morgan fingerprint density at radius 1 is 1.23 bits per heavy atom. The molecule has 6 nitrogen and oxygen atoms in total. The summed E-state index contributed by atoms with van der Waals surface area (Å²) in [6.45, 7) is 5.36. The standard InChI is InChI=1S/C20H23N3O3/c1-13-6-7-17-16(14(13)2)11-18(23-17)19(24)22-12-15-5-4-8-21-20(15)26-10-9-25-3/h4-8,11,23H,9-10,12H2,1-3H3,(H,22,24). The maximum Gasteiger partial charge on any atom is 0.268 e. The zero-order valence-electron chi connectivity index (χ0n) is 15.3. The van der Waals surface area contributed by atoms with Crippen molar-refractivity contribution in [2.45, 2.75) is 20.4 Å². The number of nitrogens with one attached hydrogen (secondary N) is 2. The summed E-state index contributed by atoms with van der Waals surface area (Å²) in [5, 5.41) is 3.99. The monoisotopic (exact) mass is 353 g/mol. The smallest absolute Gasteiger partial charge is 0.268 e. The molecule has 2 N–H and O–H groups in total. The molecular weight excluding hydrogens is 330 g/mol. The molecule has 0 aliphatic rings. The van der Waals surface area contributed by atoms with E-state index in [1.807, 2.05) is 24.3 Å². The predicted molar refractivity (Wildman–Crippen MR) is 101 cm³/mol. The minimum Gasteiger partial charge on any atom is -0.475 e. The van der Waals surface area contributed by atoms with Crippen molar-refractivity contribution in [1.29, 1.82) is 0 Å². The normalized spacial score (nSPS) is 10.9. The maximum absolute atomic E-state index is 12.5. The second kappa shape index (κ2) is 8.01. The van der Waals surface area contributed by atoms with Gasteiger partial charge >= 0.3 is 0 Å². The average Bonchev–Trinajstić information content (AvgIpc) is 3.09. The van der Waals surface area contributed by atoms with E-state index < -0.39 is 0 Å². The van der Waals surface area contributed by atoms with Gasteiger partial charge in [0.15, 0.2) is 0 Å². The number of fused-ring (bicyclic) bond motifs is 1. The summed E-state index contributed by atoms with van der Waals surface area (Å²) in [7, 11) is 1.62. The van der Waals surface area contributed by atoms with Crippen LogP contribution in [0.4, 0.5) is 0 Å². The quantitative estimate of drug-likeness (QED) is 0.640. The Bertz CT molecular complexity index is 918. The first kappa shape index (κ1) is 17.9. The molecule has 0 unspecified atom stereocenters. The molecule has 6 heteroatoms. The Morgan fingerprint density at radius 2 is 2.08 bits per heavy atom. The SMILES string of the molecule is COCCOc1ncccc1CNC(=O)c1cc2c(C)c(C)ccc2[nH]1. The molecule has 0 bridgehead atoms. The molecule has 0 saturated carbocycles. The van der Waals surface area contributed by atoms with Crippen LogP contribution < -0.4 is 10.1 Å². The van der Waals surface area contributed by atoms with Crippen molar-refractivity contribution >= 4 is 16.8 Å². The van der Waals surface area contributed by atoms with Crippen LogP contribution in [0.25, 0.3) is 10.9 Å². The molecule has 136 valence electrons. The van der Waals surface area contributed by atoms with Crippen LogP contribution in [0, 0.1) is 13.8 Å². The summed E-state index contributed by atoms with van der Waals surface area (Å²) in [6.07, 6.45) is 1.66. The fourth-order valence-electron chi connectivity index (χ4n) is 2.76. The van der Waals surface area contributed by atoms with Crippen LogP contribution in [-0.4, -0.2) is 36.2 Å². The molecule has 1 amide bonds. The number of benzene rings is 1. The van der Waals surface area contributed by atoms with E-state index in [0.29, 0.717) is 31.3 Å². The first-order valence-corrected chi connectivity index (χ1v) is 8.53. The summed E-state index contributed by atoms with van der Waals surface area (Å²) in [4.78, 5) is 19.9. The molecular formula is C20H23N3O3. The fourth-order valence-corrected chi connectivity index (χ4v) is 2.76. The van der Waals surface area contributed by atoms with Crippen molar-refractivity contribution < 1.29 is 14.3 Å². The van der Waals surface area contributed by atoms with Gasteiger partial charge in [0.1, 0.15) is 12.3 Å². The number of carbonyl (C=O) groups excluding carboxylic acids is 1. The topological polar surface area (TPSA) is 76.2 Å². The number of ether oxygens (including phenoxy) is 2. The van der Waals surface area contributed by atoms with Gasteiger partial charge in [-0.05, 0) is 43.2 Å². The van der Waals surface area contributed by atoms with Crippen LogP contribution >= 0.6 is 0 Å². The third kappa shape index (κ3) is 3.86. The number of hydrogen-bond acceptors (Lipinski definition) is 4. The molecule has 0 fully saturated rings. The molecule has 0 saturated heterocycles. The molecule has 1 aromatic carbocycles. The highest BCUT2D eigenvalue weighted by Gasteiger charge is 2.13. The van der Waals surface area contributed by atoms with Gasteiger partial charge in [-0.1, -0.05) is 12.1 Å². The highest BCUT2D eigenvalue weighted by molar-refractivity contribution is 5.99. The zero-order valence-corrected chi connectivity index (χ0v) is 15.3. The molecule has 0 aliphatic carbocycles. The van der Waals surface area contributed by atoms with E-state index in [1.165, 1.54) is 11.1 Å². The molecule has 0 atom stereocenters. The van der Waals surface area contributed by atoms with Gasteiger partial charge in [-0.2, -0.15) is 0 Å². The van der Waals surface area contributed by atoms with Gasteiger partial charge in [0, 0.05) is 36.3 Å². The number of rotatable bonds is 7. The lowest BCUT2D eigenvalue weighted by Crippen LogP contribution is -2.23. The van der Waals surface area contributed by atoms with Gasteiger partial charge in [-0.3, -0.25) is 4.79 Å². The van der Waals surface area contributed by atoms with Crippen molar-refractivity contribution in [3.8, 4) is 5.88 Å². The van der Waals surface area contributed by atoms with Crippen molar-refractivity contribution in [2.75, 3.05) is 20.3 Å². The summed E-state index contributed by atoms with van der Waals surface area (Å²) in [5.74, 6) is 0.345. The number of nitrogens with zero attached hydrogens (tertiary/aromatic N) is 1. The Morgan fingerprint density at radius 3 is 2.88 bits per heavy atom. The van der Waals surface area contributed by atoms with Crippen LogP contribution in [-0.2, 0) is 11.3 Å². The van der Waals surface area contributed by atoms with Gasteiger partial charge in [0.05, 0.1) is 6.61 Å². The van der Waals surface area contributed by atoms with Gasteiger partial charge in [-0.25, -0.2) is 4.98 Å². The van der Waals surface area contributed by atoms with Crippen molar-refractivity contribution in [3.63, 3.8) is 0 Å². The molecule has 3 aromatic rings. The lowest BCUT2D eigenvalue weighted by molar-refractivity contribution is 0.0946. The molecule has 3 rings (SSSR count). The predicted octanol–water partition coefficient (Wildman–Crippen LogP) is 3.13. The highest BCUT2D eigenvalue weighted by Crippen LogP contribution is 2.22. The number of aromatic amines is 1. The number of amides is 1. The lowest BCUT2D eigenvalue weighted by Gasteiger charge is -2.10. The van der Waals surface area contributed by atoms with Gasteiger partial charge in [0.25, 0.3) is 5.91 Å². The number of H-pyrrole nitrogens is 1. The van der Waals surface area contributed by atoms with Gasteiger partial charge < -0.3 is 19.8 Å². The Hall–Kier alpha value is -2.86. The third-order valence-electron chi connectivity index (χ3n) is 4.40. The Balaban J connectivity index is 1.70. The van der Waals surface area contributed by atoms with E-state index in [0.717, 1.165) is 16.5 Å². The van der Waals surface area contributed by atoms with Gasteiger partial charge in [-0.15, -0.1) is 0 Å². The minimum atomic E-state index is -0.162. The fraction of sp³-hybridized carbons (Fsp3) is 0.300. The van der Waals surface area contributed by atoms with Crippen LogP contribution in [0.2, 0.25) is 0 Å². The second-order valence-electron chi connectivity index (χ2n) is 6.14. The van der Waals surface area contributed by atoms with Crippen molar-refractivity contribution in [1.82, 2.24) is 15.3 Å². The van der Waals surface area contributed by atoms with Gasteiger partial charge in [0.2, 0.25) is 5.88 Å². The first-order valence-electron chi connectivity index (χ1n) is 8.53. The number of pyridine rings is 1. The van der Waals surface area contributed by atoms with Crippen molar-refractivity contribution in [2.24, 2.45) is 0 Å². The number of methoxy groups -OCH3 is 1. The summed E-state index contributed by atoms with van der Waals surface area (Å²) >= 11 is 0. The highest BCUT2D eigenvalue weighted by atomic mass is 16.5. The Kier molecular flexibility index (Phi) is 5.53. The number of carbonyl (C=O) groups is 1. The third-order valence-corrected chi connectivity index (χ3v) is 4.40. The minimum absolute atomic E-state index is 0.162. The summed E-state index contributed by atoms with van der Waals surface area (Å²) < 4.78 is 10.6. The molecule has 2 aromatic heterocycles. The summed E-state index contributed by atoms with van der Waals surface area (Å²) in [5.41, 5.74) is 4.71. The molecule has 0 spiro atoms. The van der Waals surface area contributed by atoms with Crippen molar-refractivity contribution in [3.05, 3.63) is 58.9 Å². The summed E-state index contributed by atoms with van der Waals surface area (Å²) in [6, 6.07) is 9.65. The molecule has 0 radical (unpaired) electrons. The van der Waals surface area contributed by atoms with E-state index in [9.17, 15) is 4.79 Å². The van der Waals surface area contributed by atoms with Crippen LogP contribution in [0.1, 0.15) is 27.2 Å². The van der Waals surface area contributed by atoms with E-state index in [4.69, 9.17) is 9.47 Å². The zero-order chi connectivity index (χ0) is 18.5. The second-order valence-corrected chi connectivity index (χ2v) is 6.14. The van der Waals surface area contributed by atoms with Crippen LogP contribution in [0.15, 0.2) is 36.5 Å². The van der Waals surface area contributed by atoms with Crippen LogP contribution in [0.5, 0.6) is 5.88 Å². The number of aryl methyl sites for hydroxylation is 2.